The molecule has 0 bridgehead atoms. The largest absolute Gasteiger partial charge is 1.00 e. The molecule has 0 unspecified atom stereocenters. The zero-order valence-electron chi connectivity index (χ0n) is 12.6. The van der Waals surface area contributed by atoms with Crippen molar-refractivity contribution in [2.45, 2.75) is 58.3 Å². The molecular weight excluding hydrogens is 344 g/mol. The highest BCUT2D eigenvalue weighted by molar-refractivity contribution is 4.45. The number of quaternary nitrogens is 2. The first-order chi connectivity index (χ1) is 6.56. The third-order valence-electron chi connectivity index (χ3n) is 2.68. The Bertz CT molecular complexity index is 125. The SMILES string of the molecule is CCCCCCCCCC[N+](C)(C)C.[Br-].[Br-].[NH4+]. The van der Waals surface area contributed by atoms with E-state index in [1.165, 1.54) is 57.9 Å². The summed E-state index contributed by atoms with van der Waals surface area (Å²) in [5.41, 5.74) is 0. The van der Waals surface area contributed by atoms with Crippen LogP contribution in [0.2, 0.25) is 0 Å². The highest BCUT2D eigenvalue weighted by Crippen LogP contribution is 2.09. The minimum absolute atomic E-state index is 0. The summed E-state index contributed by atoms with van der Waals surface area (Å²) in [6, 6.07) is 0. The third-order valence-corrected chi connectivity index (χ3v) is 2.68. The zero-order valence-corrected chi connectivity index (χ0v) is 15.7. The van der Waals surface area contributed by atoms with Crippen molar-refractivity contribution >= 4 is 0 Å². The molecule has 0 aromatic heterocycles. The summed E-state index contributed by atoms with van der Waals surface area (Å²) in [6.45, 7) is 3.61. The second kappa shape index (κ2) is 16.9. The molecule has 0 saturated carbocycles. The topological polar surface area (TPSA) is 36.5 Å². The first-order valence-electron chi connectivity index (χ1n) is 6.36. The van der Waals surface area contributed by atoms with Gasteiger partial charge in [-0.2, -0.15) is 0 Å². The lowest BCUT2D eigenvalue weighted by atomic mass is 10.1. The van der Waals surface area contributed by atoms with Crippen molar-refractivity contribution in [3.8, 4) is 0 Å². The van der Waals surface area contributed by atoms with Crippen LogP contribution in [0.1, 0.15) is 58.3 Å². The van der Waals surface area contributed by atoms with Crippen molar-refractivity contribution in [2.75, 3.05) is 27.7 Å². The Labute approximate surface area is 130 Å². The van der Waals surface area contributed by atoms with Crippen molar-refractivity contribution in [1.82, 2.24) is 6.15 Å². The van der Waals surface area contributed by atoms with Crippen LogP contribution in [0.3, 0.4) is 0 Å². The molecule has 0 rings (SSSR count). The van der Waals surface area contributed by atoms with Crippen molar-refractivity contribution < 1.29 is 38.4 Å². The molecular formula is C13H34Br2N2. The molecule has 110 valence electrons. The average Bonchev–Trinajstić information content (AvgIpc) is 2.08. The van der Waals surface area contributed by atoms with Crippen LogP contribution in [-0.2, 0) is 0 Å². The lowest BCUT2D eigenvalue weighted by Gasteiger charge is -2.23. The molecule has 0 aromatic carbocycles. The molecule has 17 heavy (non-hydrogen) atoms. The predicted molar refractivity (Wildman–Crippen MR) is 71.5 cm³/mol. The molecule has 0 aliphatic carbocycles. The molecule has 0 heterocycles. The van der Waals surface area contributed by atoms with Crippen molar-refractivity contribution in [3.63, 3.8) is 0 Å². The van der Waals surface area contributed by atoms with E-state index < -0.39 is 0 Å². The number of halogens is 2. The molecule has 0 radical (unpaired) electrons. The maximum atomic E-state index is 2.28. The molecule has 0 aliphatic rings. The summed E-state index contributed by atoms with van der Waals surface area (Å²) in [6.07, 6.45) is 11.4. The minimum atomic E-state index is 0. The molecule has 2 nitrogen and oxygen atoms in total. The smallest absolute Gasteiger partial charge is 0.0780 e. The van der Waals surface area contributed by atoms with Crippen LogP contribution in [0.4, 0.5) is 0 Å². The van der Waals surface area contributed by atoms with Gasteiger partial charge < -0.3 is 44.6 Å². The molecule has 4 N–H and O–H groups in total. The van der Waals surface area contributed by atoms with Gasteiger partial charge in [0.15, 0.2) is 0 Å². The summed E-state index contributed by atoms with van der Waals surface area (Å²) in [7, 11) is 6.84. The van der Waals surface area contributed by atoms with Gasteiger partial charge in [0, 0.05) is 0 Å². The first kappa shape index (κ1) is 26.4. The van der Waals surface area contributed by atoms with Gasteiger partial charge in [0.25, 0.3) is 0 Å². The first-order valence-corrected chi connectivity index (χ1v) is 6.36. The van der Waals surface area contributed by atoms with Crippen LogP contribution < -0.4 is 40.1 Å². The number of rotatable bonds is 9. The fraction of sp³-hybridized carbons (Fsp3) is 1.00. The molecule has 0 aliphatic heterocycles. The van der Waals surface area contributed by atoms with E-state index in [0.717, 1.165) is 4.48 Å². The normalized spacial score (nSPS) is 9.88. The lowest BCUT2D eigenvalue weighted by Crippen LogP contribution is -3.00. The summed E-state index contributed by atoms with van der Waals surface area (Å²) in [5, 5.41) is 0. The molecule has 0 fully saturated rings. The monoisotopic (exact) mass is 376 g/mol. The van der Waals surface area contributed by atoms with Crippen molar-refractivity contribution in [3.05, 3.63) is 0 Å². The van der Waals surface area contributed by atoms with Crippen LogP contribution in [0.25, 0.3) is 0 Å². The fourth-order valence-electron chi connectivity index (χ4n) is 1.72. The second-order valence-corrected chi connectivity index (χ2v) is 5.49. The van der Waals surface area contributed by atoms with Gasteiger partial charge in [0.05, 0.1) is 27.7 Å². The van der Waals surface area contributed by atoms with E-state index >= 15 is 0 Å². The number of nitrogens with zero attached hydrogens (tertiary/aromatic N) is 1. The van der Waals surface area contributed by atoms with E-state index in [1.54, 1.807) is 0 Å². The third kappa shape index (κ3) is 26.5. The Morgan fingerprint density at radius 1 is 0.647 bits per heavy atom. The highest BCUT2D eigenvalue weighted by atomic mass is 79.9. The van der Waals surface area contributed by atoms with Crippen LogP contribution >= 0.6 is 0 Å². The summed E-state index contributed by atoms with van der Waals surface area (Å²) in [4.78, 5) is 0. The van der Waals surface area contributed by atoms with Crippen molar-refractivity contribution in [2.24, 2.45) is 0 Å². The van der Waals surface area contributed by atoms with Gasteiger partial charge >= 0.3 is 0 Å². The lowest BCUT2D eigenvalue weighted by molar-refractivity contribution is -0.870. The Morgan fingerprint density at radius 3 is 1.35 bits per heavy atom. The Morgan fingerprint density at radius 2 is 1.00 bits per heavy atom. The van der Waals surface area contributed by atoms with Crippen molar-refractivity contribution in [1.29, 1.82) is 0 Å². The van der Waals surface area contributed by atoms with Gasteiger partial charge in [0.1, 0.15) is 0 Å². The summed E-state index contributed by atoms with van der Waals surface area (Å²) < 4.78 is 1.12. The van der Waals surface area contributed by atoms with E-state index in [1.807, 2.05) is 0 Å². The Balaban J connectivity index is -0.000000282. The predicted octanol–water partition coefficient (Wildman–Crippen LogP) is -1.78. The molecule has 0 saturated heterocycles. The summed E-state index contributed by atoms with van der Waals surface area (Å²) >= 11 is 0. The quantitative estimate of drug-likeness (QED) is 0.364. The molecule has 0 atom stereocenters. The van der Waals surface area contributed by atoms with E-state index in [0.29, 0.717) is 0 Å². The van der Waals surface area contributed by atoms with Crippen LogP contribution in [0, 0.1) is 0 Å². The van der Waals surface area contributed by atoms with Crippen LogP contribution in [-0.4, -0.2) is 32.2 Å². The fourth-order valence-corrected chi connectivity index (χ4v) is 1.72. The van der Waals surface area contributed by atoms with E-state index in [-0.39, 0.29) is 40.1 Å². The molecule has 0 amide bonds. The van der Waals surface area contributed by atoms with Crippen LogP contribution in [0.5, 0.6) is 0 Å². The Kier molecular flexibility index (Phi) is 26.3. The highest BCUT2D eigenvalue weighted by Gasteiger charge is 2.04. The molecule has 0 aromatic rings. The summed E-state index contributed by atoms with van der Waals surface area (Å²) in [5.74, 6) is 0. The molecule has 4 heteroatoms. The van der Waals surface area contributed by atoms with Gasteiger partial charge in [-0.15, -0.1) is 0 Å². The van der Waals surface area contributed by atoms with Gasteiger partial charge in [0.2, 0.25) is 0 Å². The standard InChI is InChI=1S/C13H30N.2BrH.H3N/c1-5-6-7-8-9-10-11-12-13-14(2,3)4;;;/h5-13H2,1-4H3;2*1H;1H3/q+1;;;/p-1. The average molecular weight is 378 g/mol. The van der Waals surface area contributed by atoms with E-state index in [2.05, 4.69) is 28.1 Å². The van der Waals surface area contributed by atoms with E-state index in [4.69, 9.17) is 0 Å². The van der Waals surface area contributed by atoms with Gasteiger partial charge in [-0.1, -0.05) is 45.4 Å². The van der Waals surface area contributed by atoms with Crippen LogP contribution in [0.15, 0.2) is 0 Å². The van der Waals surface area contributed by atoms with Gasteiger partial charge in [-0.3, -0.25) is 0 Å². The van der Waals surface area contributed by atoms with E-state index in [9.17, 15) is 0 Å². The number of hydrogen-bond acceptors (Lipinski definition) is 0. The van der Waals surface area contributed by atoms with Gasteiger partial charge in [-0.25, -0.2) is 0 Å². The van der Waals surface area contributed by atoms with Gasteiger partial charge in [-0.05, 0) is 12.8 Å². The minimum Gasteiger partial charge on any atom is -1.00 e. The second-order valence-electron chi connectivity index (χ2n) is 5.49. The molecule has 0 spiro atoms. The maximum absolute atomic E-state index is 2.28. The Hall–Kier alpha value is 0.880. The number of unbranched alkanes of at least 4 members (excludes halogenated alkanes) is 7. The number of hydrogen-bond donors (Lipinski definition) is 1. The maximum Gasteiger partial charge on any atom is 0.0780 e. The zero-order chi connectivity index (χ0) is 10.9.